The van der Waals surface area contributed by atoms with Gasteiger partial charge in [-0.15, -0.1) is 23.7 Å². The molecule has 1 aromatic carbocycles. The molecule has 1 aliphatic rings. The van der Waals surface area contributed by atoms with Gasteiger partial charge in [-0.3, -0.25) is 4.79 Å². The first-order chi connectivity index (χ1) is 13.0. The van der Waals surface area contributed by atoms with Crippen LogP contribution in [0.2, 0.25) is 0 Å². The Morgan fingerprint density at radius 3 is 2.39 bits per heavy atom. The molecule has 2 aromatic rings. The number of rotatable bonds is 8. The van der Waals surface area contributed by atoms with E-state index in [9.17, 15) is 13.2 Å². The monoisotopic (exact) mass is 443 g/mol. The van der Waals surface area contributed by atoms with Gasteiger partial charge in [0.2, 0.25) is 10.0 Å². The fraction of sp³-hybridized carbons (Fsp3) is 0.421. The van der Waals surface area contributed by atoms with Crippen LogP contribution in [0, 0.1) is 0 Å². The predicted octanol–water partition coefficient (Wildman–Crippen LogP) is 2.09. The van der Waals surface area contributed by atoms with Gasteiger partial charge in [-0.05, 0) is 23.4 Å². The van der Waals surface area contributed by atoms with Gasteiger partial charge < -0.3 is 10.2 Å². The van der Waals surface area contributed by atoms with Gasteiger partial charge >= 0.3 is 0 Å². The number of halogens is 1. The van der Waals surface area contributed by atoms with Gasteiger partial charge in [0.05, 0.1) is 10.6 Å². The number of benzene rings is 1. The second-order valence-corrected chi connectivity index (χ2v) is 9.56. The molecule has 1 amide bonds. The third-order valence-corrected chi connectivity index (χ3v) is 7.42. The number of nitrogens with one attached hydrogen (secondary N) is 1. The second kappa shape index (κ2) is 10.9. The van der Waals surface area contributed by atoms with Crippen molar-refractivity contribution in [3.05, 3.63) is 58.3 Å². The van der Waals surface area contributed by atoms with Gasteiger partial charge in [0.25, 0.3) is 5.91 Å². The van der Waals surface area contributed by atoms with Gasteiger partial charge in [0.1, 0.15) is 0 Å². The van der Waals surface area contributed by atoms with Crippen LogP contribution in [-0.4, -0.2) is 68.6 Å². The Morgan fingerprint density at radius 2 is 1.75 bits per heavy atom. The minimum Gasteiger partial charge on any atom is -0.350 e. The lowest BCUT2D eigenvalue weighted by atomic mass is 10.1. The lowest BCUT2D eigenvalue weighted by molar-refractivity contribution is 0.0960. The Balaban J connectivity index is 0.00000280. The van der Waals surface area contributed by atoms with Gasteiger partial charge in [0.15, 0.2) is 0 Å². The van der Waals surface area contributed by atoms with Crippen molar-refractivity contribution >= 4 is 39.7 Å². The zero-order valence-electron chi connectivity index (χ0n) is 15.6. The Labute approximate surface area is 177 Å². The van der Waals surface area contributed by atoms with Crippen LogP contribution in [0.1, 0.15) is 15.2 Å². The van der Waals surface area contributed by atoms with E-state index in [1.807, 2.05) is 23.6 Å². The molecule has 1 aliphatic heterocycles. The van der Waals surface area contributed by atoms with Crippen molar-refractivity contribution in [1.29, 1.82) is 0 Å². The van der Waals surface area contributed by atoms with E-state index in [0.717, 1.165) is 26.1 Å². The molecule has 1 saturated heterocycles. The maximum Gasteiger partial charge on any atom is 0.261 e. The summed E-state index contributed by atoms with van der Waals surface area (Å²) in [6.07, 6.45) is 0.975. The summed E-state index contributed by atoms with van der Waals surface area (Å²) in [7, 11) is -3.34. The molecule has 3 rings (SSSR count). The van der Waals surface area contributed by atoms with Crippen LogP contribution in [0.5, 0.6) is 0 Å². The maximum atomic E-state index is 12.5. The molecule has 0 aliphatic carbocycles. The summed E-state index contributed by atoms with van der Waals surface area (Å²) >= 11 is 1.34. The predicted molar refractivity (Wildman–Crippen MR) is 116 cm³/mol. The standard InChI is InChI=1S/C19H25N3O3S2.ClH/c23-19(18-7-4-15-26-18)20-9-16-27(24,25)22-13-11-21(12-14-22)10-8-17-5-2-1-3-6-17;/h1-7,15H,8-14,16H2,(H,20,23);1H. The summed E-state index contributed by atoms with van der Waals surface area (Å²) < 4.78 is 26.5. The highest BCUT2D eigenvalue weighted by Gasteiger charge is 2.26. The smallest absolute Gasteiger partial charge is 0.261 e. The zero-order chi connectivity index (χ0) is 19.1. The number of sulfonamides is 1. The molecule has 1 fully saturated rings. The first kappa shape index (κ1) is 22.8. The number of thiophene rings is 1. The van der Waals surface area contributed by atoms with Crippen molar-refractivity contribution in [3.8, 4) is 0 Å². The minimum atomic E-state index is -3.34. The number of hydrogen-bond donors (Lipinski definition) is 1. The molecular weight excluding hydrogens is 418 g/mol. The van der Waals surface area contributed by atoms with Gasteiger partial charge in [-0.2, -0.15) is 4.31 Å². The highest BCUT2D eigenvalue weighted by molar-refractivity contribution is 7.89. The Kier molecular flexibility index (Phi) is 8.91. The number of hydrogen-bond acceptors (Lipinski definition) is 5. The fourth-order valence-corrected chi connectivity index (χ4v) is 5.06. The normalized spacial score (nSPS) is 15.7. The Hall–Kier alpha value is -1.45. The van der Waals surface area contributed by atoms with Crippen LogP contribution in [0.4, 0.5) is 0 Å². The van der Waals surface area contributed by atoms with Crippen molar-refractivity contribution in [2.45, 2.75) is 6.42 Å². The van der Waals surface area contributed by atoms with Crippen molar-refractivity contribution in [2.75, 3.05) is 45.0 Å². The average Bonchev–Trinajstić information content (AvgIpc) is 3.22. The summed E-state index contributed by atoms with van der Waals surface area (Å²) in [4.78, 5) is 14.8. The van der Waals surface area contributed by atoms with E-state index in [0.29, 0.717) is 18.0 Å². The fourth-order valence-electron chi connectivity index (χ4n) is 3.08. The second-order valence-electron chi connectivity index (χ2n) is 6.53. The molecule has 0 saturated carbocycles. The van der Waals surface area contributed by atoms with Crippen molar-refractivity contribution in [2.24, 2.45) is 0 Å². The molecule has 28 heavy (non-hydrogen) atoms. The van der Waals surface area contributed by atoms with Crippen molar-refractivity contribution in [3.63, 3.8) is 0 Å². The van der Waals surface area contributed by atoms with E-state index < -0.39 is 10.0 Å². The molecule has 1 N–H and O–H groups in total. The number of nitrogens with zero attached hydrogens (tertiary/aromatic N) is 2. The van der Waals surface area contributed by atoms with E-state index in [1.54, 1.807) is 16.4 Å². The summed E-state index contributed by atoms with van der Waals surface area (Å²) in [6, 6.07) is 13.8. The van der Waals surface area contributed by atoms with Gasteiger partial charge in [-0.1, -0.05) is 36.4 Å². The van der Waals surface area contributed by atoms with E-state index in [4.69, 9.17) is 0 Å². The third-order valence-electron chi connectivity index (χ3n) is 4.67. The van der Waals surface area contributed by atoms with Crippen molar-refractivity contribution in [1.82, 2.24) is 14.5 Å². The molecule has 6 nitrogen and oxygen atoms in total. The van der Waals surface area contributed by atoms with Gasteiger partial charge in [0, 0.05) is 39.3 Å². The van der Waals surface area contributed by atoms with Crippen LogP contribution in [0.15, 0.2) is 47.8 Å². The minimum absolute atomic E-state index is 0. The van der Waals surface area contributed by atoms with E-state index in [1.165, 1.54) is 16.9 Å². The van der Waals surface area contributed by atoms with E-state index in [-0.39, 0.29) is 30.6 Å². The molecule has 2 heterocycles. The summed E-state index contributed by atoms with van der Waals surface area (Å²) in [5, 5.41) is 4.51. The Bertz CT molecular complexity index is 821. The average molecular weight is 444 g/mol. The quantitative estimate of drug-likeness (QED) is 0.678. The number of amides is 1. The zero-order valence-corrected chi connectivity index (χ0v) is 18.1. The van der Waals surface area contributed by atoms with Crippen molar-refractivity contribution < 1.29 is 13.2 Å². The molecular formula is C19H26ClN3O3S2. The van der Waals surface area contributed by atoms with E-state index in [2.05, 4.69) is 22.3 Å². The molecule has 0 radical (unpaired) electrons. The molecule has 0 unspecified atom stereocenters. The lowest BCUT2D eigenvalue weighted by Gasteiger charge is -2.34. The topological polar surface area (TPSA) is 69.7 Å². The summed E-state index contributed by atoms with van der Waals surface area (Å²) in [5.74, 6) is -0.278. The van der Waals surface area contributed by atoms with Crippen LogP contribution in [0.3, 0.4) is 0 Å². The SMILES string of the molecule is Cl.O=C(NCCS(=O)(=O)N1CCN(CCc2ccccc2)CC1)c1cccs1. The number of piperazine rings is 1. The van der Waals surface area contributed by atoms with Crippen LogP contribution in [-0.2, 0) is 16.4 Å². The van der Waals surface area contributed by atoms with Crippen LogP contribution in [0.25, 0.3) is 0 Å². The molecule has 0 bridgehead atoms. The van der Waals surface area contributed by atoms with Gasteiger partial charge in [-0.25, -0.2) is 8.42 Å². The third kappa shape index (κ3) is 6.56. The molecule has 154 valence electrons. The molecule has 0 atom stereocenters. The molecule has 0 spiro atoms. The highest BCUT2D eigenvalue weighted by atomic mass is 35.5. The molecule has 9 heteroatoms. The van der Waals surface area contributed by atoms with Crippen LogP contribution < -0.4 is 5.32 Å². The summed E-state index contributed by atoms with van der Waals surface area (Å²) in [6.45, 7) is 3.58. The molecule has 1 aromatic heterocycles. The van der Waals surface area contributed by atoms with E-state index >= 15 is 0 Å². The van der Waals surface area contributed by atoms with Crippen LogP contribution >= 0.6 is 23.7 Å². The number of carbonyl (C=O) groups is 1. The summed E-state index contributed by atoms with van der Waals surface area (Å²) in [5.41, 5.74) is 1.30. The number of carbonyl (C=O) groups excluding carboxylic acids is 1. The largest absolute Gasteiger partial charge is 0.350 e. The highest BCUT2D eigenvalue weighted by Crippen LogP contribution is 2.10. The maximum absolute atomic E-state index is 12.5. The first-order valence-corrected chi connectivity index (χ1v) is 11.6. The Morgan fingerprint density at radius 1 is 1.04 bits per heavy atom. The first-order valence-electron chi connectivity index (χ1n) is 9.10. The lowest BCUT2D eigenvalue weighted by Crippen LogP contribution is -2.50.